The number of hydrogen-bond donors (Lipinski definition) is 1. The quantitative estimate of drug-likeness (QED) is 0.876. The molecule has 0 aromatic heterocycles. The van der Waals surface area contributed by atoms with E-state index < -0.39 is 9.84 Å². The summed E-state index contributed by atoms with van der Waals surface area (Å²) in [5.41, 5.74) is 0.772. The molecule has 1 amide bonds. The van der Waals surface area contributed by atoms with E-state index in [-0.39, 0.29) is 35.2 Å². The molecule has 3 rings (SSSR count). The van der Waals surface area contributed by atoms with Gasteiger partial charge in [0.1, 0.15) is 15.7 Å². The van der Waals surface area contributed by atoms with Crippen LogP contribution in [0.4, 0.5) is 4.39 Å². The van der Waals surface area contributed by atoms with Crippen LogP contribution in [0.15, 0.2) is 24.3 Å². The Morgan fingerprint density at radius 2 is 2.00 bits per heavy atom. The van der Waals surface area contributed by atoms with Crippen LogP contribution in [0, 0.1) is 11.7 Å². The third kappa shape index (κ3) is 3.72. The fraction of sp³-hybridized carbons (Fsp3) is 0.562. The molecule has 0 bridgehead atoms. The summed E-state index contributed by atoms with van der Waals surface area (Å²) < 4.78 is 36.6. The number of rotatable bonds is 2. The minimum absolute atomic E-state index is 0.00402. The van der Waals surface area contributed by atoms with Crippen molar-refractivity contribution in [1.82, 2.24) is 10.2 Å². The minimum atomic E-state index is -2.98. The first-order chi connectivity index (χ1) is 11.0. The number of halogens is 1. The molecule has 1 atom stereocenters. The fourth-order valence-corrected chi connectivity index (χ4v) is 4.84. The number of hydrogen-bond acceptors (Lipinski definition) is 4. The molecule has 2 saturated heterocycles. The van der Waals surface area contributed by atoms with Crippen LogP contribution in [0.5, 0.6) is 0 Å². The summed E-state index contributed by atoms with van der Waals surface area (Å²) >= 11 is 0. The Hall–Kier alpha value is -1.47. The van der Waals surface area contributed by atoms with Crippen LogP contribution in [0.3, 0.4) is 0 Å². The maximum absolute atomic E-state index is 13.5. The summed E-state index contributed by atoms with van der Waals surface area (Å²) in [4.78, 5) is 14.6. The maximum atomic E-state index is 13.5. The molecule has 7 heteroatoms. The topological polar surface area (TPSA) is 66.5 Å². The lowest BCUT2D eigenvalue weighted by Gasteiger charge is -2.39. The van der Waals surface area contributed by atoms with Crippen molar-refractivity contribution in [2.45, 2.75) is 18.9 Å². The Morgan fingerprint density at radius 1 is 1.26 bits per heavy atom. The van der Waals surface area contributed by atoms with Crippen molar-refractivity contribution in [2.75, 3.05) is 31.1 Å². The van der Waals surface area contributed by atoms with Crippen molar-refractivity contribution in [2.24, 2.45) is 5.92 Å². The average molecular weight is 340 g/mol. The third-order valence-corrected chi connectivity index (χ3v) is 6.38. The third-order valence-electron chi connectivity index (χ3n) is 4.66. The molecule has 1 N–H and O–H groups in total. The van der Waals surface area contributed by atoms with E-state index in [0.717, 1.165) is 5.56 Å². The molecule has 0 saturated carbocycles. The van der Waals surface area contributed by atoms with Crippen molar-refractivity contribution in [3.63, 3.8) is 0 Å². The molecule has 2 heterocycles. The number of carbonyl (C=O) groups is 1. The van der Waals surface area contributed by atoms with Crippen LogP contribution in [0.25, 0.3) is 0 Å². The first-order valence-corrected chi connectivity index (χ1v) is 9.75. The molecule has 2 aliphatic heterocycles. The molecule has 0 aliphatic carbocycles. The van der Waals surface area contributed by atoms with Crippen molar-refractivity contribution < 1.29 is 17.6 Å². The van der Waals surface area contributed by atoms with Gasteiger partial charge in [-0.15, -0.1) is 0 Å². The second-order valence-corrected chi connectivity index (χ2v) is 8.54. The van der Waals surface area contributed by atoms with Gasteiger partial charge in [-0.05, 0) is 30.5 Å². The summed E-state index contributed by atoms with van der Waals surface area (Å²) in [5.74, 6) is -0.396. The van der Waals surface area contributed by atoms with Gasteiger partial charge in [-0.2, -0.15) is 0 Å². The Bertz CT molecular complexity index is 678. The summed E-state index contributed by atoms with van der Waals surface area (Å²) in [6.45, 7) is 1.84. The van der Waals surface area contributed by atoms with Crippen molar-refractivity contribution in [3.05, 3.63) is 35.6 Å². The first-order valence-electron chi connectivity index (χ1n) is 7.93. The van der Waals surface area contributed by atoms with Crippen molar-refractivity contribution in [3.8, 4) is 0 Å². The monoisotopic (exact) mass is 340 g/mol. The number of amides is 1. The predicted molar refractivity (Wildman–Crippen MR) is 85.1 cm³/mol. The Balaban J connectivity index is 1.77. The normalized spacial score (nSPS) is 25.3. The van der Waals surface area contributed by atoms with Gasteiger partial charge in [0.25, 0.3) is 0 Å². The minimum Gasteiger partial charge on any atom is -0.333 e. The number of carbonyl (C=O) groups excluding carboxylic acids is 1. The molecule has 2 fully saturated rings. The lowest BCUT2D eigenvalue weighted by molar-refractivity contribution is -0.139. The van der Waals surface area contributed by atoms with Crippen LogP contribution < -0.4 is 5.32 Å². The molecular weight excluding hydrogens is 319 g/mol. The number of nitrogens with zero attached hydrogens (tertiary/aromatic N) is 1. The van der Waals surface area contributed by atoms with Gasteiger partial charge in [0.05, 0.1) is 17.5 Å². The van der Waals surface area contributed by atoms with Gasteiger partial charge in [-0.1, -0.05) is 12.1 Å². The smallest absolute Gasteiger partial charge is 0.226 e. The lowest BCUT2D eigenvalue weighted by atomic mass is 9.97. The van der Waals surface area contributed by atoms with E-state index in [1.165, 1.54) is 12.1 Å². The van der Waals surface area contributed by atoms with E-state index in [0.29, 0.717) is 32.5 Å². The highest BCUT2D eigenvalue weighted by Crippen LogP contribution is 2.28. The standard InChI is InChI=1S/C16H21FN2O3S/c17-14-3-1-2-13(10-14)15-11-18-6-7-19(15)16(20)12-4-8-23(21,22)9-5-12/h1-3,10,12,15,18H,4-9,11H2. The van der Waals surface area contributed by atoms with E-state index in [1.54, 1.807) is 11.0 Å². The molecule has 23 heavy (non-hydrogen) atoms. The zero-order chi connectivity index (χ0) is 16.4. The van der Waals surface area contributed by atoms with Crippen LogP contribution in [-0.4, -0.2) is 50.4 Å². The molecule has 1 unspecified atom stereocenters. The second-order valence-electron chi connectivity index (χ2n) is 6.23. The van der Waals surface area contributed by atoms with Crippen LogP contribution >= 0.6 is 0 Å². The molecule has 1 aromatic rings. The SMILES string of the molecule is O=C(C1CCS(=O)(=O)CC1)N1CCNCC1c1cccc(F)c1. The van der Waals surface area contributed by atoms with E-state index in [4.69, 9.17) is 0 Å². The largest absolute Gasteiger partial charge is 0.333 e. The second kappa shape index (κ2) is 6.57. The van der Waals surface area contributed by atoms with Gasteiger partial charge in [0.2, 0.25) is 5.91 Å². The predicted octanol–water partition coefficient (Wildman–Crippen LogP) is 1.12. The maximum Gasteiger partial charge on any atom is 0.226 e. The van der Waals surface area contributed by atoms with Gasteiger partial charge in [-0.3, -0.25) is 4.79 Å². The van der Waals surface area contributed by atoms with E-state index >= 15 is 0 Å². The summed E-state index contributed by atoms with van der Waals surface area (Å²) in [5, 5.41) is 3.24. The molecule has 0 spiro atoms. The summed E-state index contributed by atoms with van der Waals surface area (Å²) in [7, 11) is -2.98. The molecule has 1 aromatic carbocycles. The van der Waals surface area contributed by atoms with E-state index in [9.17, 15) is 17.6 Å². The average Bonchev–Trinajstić information content (AvgIpc) is 2.54. The first kappa shape index (κ1) is 16.4. The Morgan fingerprint density at radius 3 is 2.70 bits per heavy atom. The molecule has 2 aliphatic rings. The Labute approximate surface area is 135 Å². The number of piperazine rings is 1. The number of nitrogens with one attached hydrogen (secondary N) is 1. The molecule has 5 nitrogen and oxygen atoms in total. The highest BCUT2D eigenvalue weighted by Gasteiger charge is 2.35. The Kier molecular flexibility index (Phi) is 4.68. The molecule has 0 radical (unpaired) electrons. The van der Waals surface area contributed by atoms with Gasteiger partial charge >= 0.3 is 0 Å². The molecular formula is C16H21FN2O3S. The van der Waals surface area contributed by atoms with E-state index in [2.05, 4.69) is 5.32 Å². The lowest BCUT2D eigenvalue weighted by Crippen LogP contribution is -2.51. The van der Waals surface area contributed by atoms with Crippen LogP contribution in [0.2, 0.25) is 0 Å². The van der Waals surface area contributed by atoms with Gasteiger partial charge in [-0.25, -0.2) is 12.8 Å². The van der Waals surface area contributed by atoms with Crippen molar-refractivity contribution in [1.29, 1.82) is 0 Å². The van der Waals surface area contributed by atoms with Gasteiger partial charge in [0, 0.05) is 25.6 Å². The van der Waals surface area contributed by atoms with Crippen LogP contribution in [-0.2, 0) is 14.6 Å². The van der Waals surface area contributed by atoms with Crippen LogP contribution in [0.1, 0.15) is 24.4 Å². The summed E-state index contributed by atoms with van der Waals surface area (Å²) in [6, 6.07) is 6.12. The fourth-order valence-electron chi connectivity index (χ4n) is 3.35. The summed E-state index contributed by atoms with van der Waals surface area (Å²) in [6.07, 6.45) is 0.780. The van der Waals surface area contributed by atoms with E-state index in [1.807, 2.05) is 6.07 Å². The van der Waals surface area contributed by atoms with Gasteiger partial charge < -0.3 is 10.2 Å². The highest BCUT2D eigenvalue weighted by molar-refractivity contribution is 7.91. The highest BCUT2D eigenvalue weighted by atomic mass is 32.2. The van der Waals surface area contributed by atoms with Crippen molar-refractivity contribution >= 4 is 15.7 Å². The molecule has 126 valence electrons. The van der Waals surface area contributed by atoms with Gasteiger partial charge in [0.15, 0.2) is 0 Å². The zero-order valence-corrected chi connectivity index (χ0v) is 13.7. The number of sulfone groups is 1. The zero-order valence-electron chi connectivity index (χ0n) is 12.9. The number of benzene rings is 1.